The first-order valence-electron chi connectivity index (χ1n) is 8.99. The third-order valence-corrected chi connectivity index (χ3v) is 6.09. The van der Waals surface area contributed by atoms with Gasteiger partial charge in [0, 0.05) is 34.7 Å². The van der Waals surface area contributed by atoms with E-state index in [2.05, 4.69) is 15.3 Å². The zero-order chi connectivity index (χ0) is 21.2. The zero-order valence-corrected chi connectivity index (χ0v) is 17.6. The van der Waals surface area contributed by atoms with Gasteiger partial charge in [-0.15, -0.1) is 0 Å². The number of hydrogen-bond acceptors (Lipinski definition) is 7. The van der Waals surface area contributed by atoms with Crippen molar-refractivity contribution in [1.29, 1.82) is 0 Å². The molecule has 0 unspecified atom stereocenters. The summed E-state index contributed by atoms with van der Waals surface area (Å²) in [6, 6.07) is 0.740. The molecule has 10 heteroatoms. The molecule has 29 heavy (non-hydrogen) atoms. The van der Waals surface area contributed by atoms with Gasteiger partial charge < -0.3 is 0 Å². The third-order valence-electron chi connectivity index (χ3n) is 4.35. The number of sulfonamides is 1. The number of hydrogen-bond donors (Lipinski definition) is 2. The van der Waals surface area contributed by atoms with Crippen LogP contribution in [0.25, 0.3) is 0 Å². The maximum atomic E-state index is 12.9. The number of carbonyl (C=O) groups is 2. The van der Waals surface area contributed by atoms with Crippen LogP contribution in [0.15, 0.2) is 40.3 Å². The highest BCUT2D eigenvalue weighted by molar-refractivity contribution is 7.94. The summed E-state index contributed by atoms with van der Waals surface area (Å²) in [6.07, 6.45) is 6.49. The van der Waals surface area contributed by atoms with Gasteiger partial charge in [-0.2, -0.15) is 0 Å². The molecule has 2 N–H and O–H groups in total. The fraction of sp³-hybridized carbons (Fsp3) is 0.316. The Morgan fingerprint density at radius 3 is 2.52 bits per heavy atom. The molecule has 0 saturated heterocycles. The lowest BCUT2D eigenvalue weighted by molar-refractivity contribution is -0.115. The van der Waals surface area contributed by atoms with E-state index in [0.717, 1.165) is 0 Å². The Morgan fingerprint density at radius 1 is 1.17 bits per heavy atom. The van der Waals surface area contributed by atoms with E-state index in [1.54, 1.807) is 26.0 Å². The first-order valence-corrected chi connectivity index (χ1v) is 10.9. The van der Waals surface area contributed by atoms with Gasteiger partial charge in [0.2, 0.25) is 5.95 Å². The number of aryl methyl sites for hydroxylation is 2. The summed E-state index contributed by atoms with van der Waals surface area (Å²) in [4.78, 5) is 32.5. The van der Waals surface area contributed by atoms with Gasteiger partial charge >= 0.3 is 6.03 Å². The number of ketones is 1. The van der Waals surface area contributed by atoms with Gasteiger partial charge in [0.25, 0.3) is 10.0 Å². The molecule has 1 heterocycles. The molecule has 0 aliphatic heterocycles. The van der Waals surface area contributed by atoms with E-state index < -0.39 is 16.1 Å². The Hall–Kier alpha value is -2.72. The van der Waals surface area contributed by atoms with E-state index in [4.69, 9.17) is 12.2 Å². The molecule has 0 radical (unpaired) electrons. The molecule has 0 bridgehead atoms. The van der Waals surface area contributed by atoms with Crippen molar-refractivity contribution in [2.75, 3.05) is 5.32 Å². The van der Waals surface area contributed by atoms with E-state index in [0.29, 0.717) is 53.1 Å². The average molecular weight is 433 g/mol. The van der Waals surface area contributed by atoms with Crippen LogP contribution in [0.3, 0.4) is 0 Å². The highest BCUT2D eigenvalue weighted by atomic mass is 32.2. The summed E-state index contributed by atoms with van der Waals surface area (Å²) < 4.78 is 27.8. The van der Waals surface area contributed by atoms with Gasteiger partial charge in [0.1, 0.15) is 0 Å². The first-order chi connectivity index (χ1) is 13.7. The van der Waals surface area contributed by atoms with Gasteiger partial charge in [-0.05, 0) is 50.5 Å². The summed E-state index contributed by atoms with van der Waals surface area (Å²) >= 11 is 5.37. The van der Waals surface area contributed by atoms with Crippen molar-refractivity contribution in [2.45, 2.75) is 39.5 Å². The highest BCUT2D eigenvalue weighted by Gasteiger charge is 2.29. The minimum atomic E-state index is -4.24. The average Bonchev–Trinajstić information content (AvgIpc) is 2.60. The smallest absolute Gasteiger partial charge is 0.295 e. The third kappa shape index (κ3) is 5.01. The van der Waals surface area contributed by atoms with Crippen molar-refractivity contribution in [2.24, 2.45) is 0 Å². The second-order valence-electron chi connectivity index (χ2n) is 6.79. The molecule has 2 amide bonds. The van der Waals surface area contributed by atoms with E-state index in [9.17, 15) is 18.0 Å². The van der Waals surface area contributed by atoms with Gasteiger partial charge in [-0.3, -0.25) is 10.1 Å². The molecule has 2 aliphatic carbocycles. The zero-order valence-electron chi connectivity index (χ0n) is 16.0. The van der Waals surface area contributed by atoms with Crippen LogP contribution in [0.1, 0.15) is 37.1 Å². The van der Waals surface area contributed by atoms with Crippen molar-refractivity contribution in [3.63, 3.8) is 0 Å². The number of rotatable bonds is 4. The number of carbonyl (C=O) groups excluding carboxylic acids is 2. The summed E-state index contributed by atoms with van der Waals surface area (Å²) in [5, 5.41) is 2.33. The lowest BCUT2D eigenvalue weighted by Crippen LogP contribution is -2.36. The second kappa shape index (κ2) is 8.34. The number of amides is 2. The maximum absolute atomic E-state index is 12.9. The molecule has 0 fully saturated rings. The highest BCUT2D eigenvalue weighted by Crippen LogP contribution is 2.32. The van der Waals surface area contributed by atoms with Crippen LogP contribution in [-0.4, -0.2) is 35.1 Å². The molecule has 0 aromatic carbocycles. The number of anilines is 1. The molecule has 0 saturated carbocycles. The molecule has 0 atom stereocenters. The van der Waals surface area contributed by atoms with Crippen LogP contribution >= 0.6 is 12.2 Å². The van der Waals surface area contributed by atoms with Crippen LogP contribution in [0.2, 0.25) is 0 Å². The second-order valence-corrected chi connectivity index (χ2v) is 8.94. The Balaban J connectivity index is 1.90. The Kier molecular flexibility index (Phi) is 6.04. The normalized spacial score (nSPS) is 17.2. The number of allylic oxidation sites excluding steroid dienone is 5. The van der Waals surface area contributed by atoms with E-state index in [-0.39, 0.29) is 16.6 Å². The van der Waals surface area contributed by atoms with Gasteiger partial charge in [-0.25, -0.2) is 27.9 Å². The van der Waals surface area contributed by atoms with Crippen molar-refractivity contribution in [1.82, 2.24) is 14.7 Å². The van der Waals surface area contributed by atoms with E-state index in [1.165, 1.54) is 12.2 Å². The summed E-state index contributed by atoms with van der Waals surface area (Å²) in [5.41, 5.74) is 2.19. The minimum Gasteiger partial charge on any atom is -0.295 e. The summed E-state index contributed by atoms with van der Waals surface area (Å²) in [5.74, 6) is -0.0646. The van der Waals surface area contributed by atoms with Crippen LogP contribution < -0.4 is 10.0 Å². The standard InChI is InChI=1S/C19H20N4O4S2/c1-11-9-12(2)21-18(20-11)22-19(25)23-29(26,27)16-8-4-7-15(28)17(16)13-5-3-6-14(24)10-13/h4,8-10H,3,5-7H2,1-2H3,(H2,20,21,22,23,25). The minimum absolute atomic E-state index is 0.000282. The van der Waals surface area contributed by atoms with Crippen LogP contribution in [-0.2, 0) is 14.8 Å². The Bertz CT molecular complexity index is 1080. The predicted octanol–water partition coefficient (Wildman–Crippen LogP) is 2.81. The number of thiocarbonyl (C=S) groups is 1. The maximum Gasteiger partial charge on any atom is 0.335 e. The molecule has 2 aliphatic rings. The molecule has 1 aromatic heterocycles. The van der Waals surface area contributed by atoms with E-state index >= 15 is 0 Å². The topological polar surface area (TPSA) is 118 Å². The number of nitrogens with zero attached hydrogens (tertiary/aromatic N) is 2. The van der Waals surface area contributed by atoms with Crippen molar-refractivity contribution < 1.29 is 18.0 Å². The van der Waals surface area contributed by atoms with Crippen LogP contribution in [0.4, 0.5) is 10.7 Å². The number of nitrogens with one attached hydrogen (secondary N) is 2. The summed E-state index contributed by atoms with van der Waals surface area (Å²) in [6.45, 7) is 3.47. The monoisotopic (exact) mass is 432 g/mol. The molecule has 3 rings (SSSR count). The van der Waals surface area contributed by atoms with Gasteiger partial charge in [0.15, 0.2) is 5.78 Å². The molecule has 8 nitrogen and oxygen atoms in total. The summed E-state index contributed by atoms with van der Waals surface area (Å²) in [7, 11) is -4.24. The fourth-order valence-corrected chi connectivity index (χ4v) is 4.84. The van der Waals surface area contributed by atoms with Crippen molar-refractivity contribution >= 4 is 44.9 Å². The SMILES string of the molecule is Cc1cc(C)nc(NC(=O)NS(=O)(=O)C2=C(C3=CC(=O)CCC3)C(=S)CC=C2)n1. The van der Waals surface area contributed by atoms with Crippen LogP contribution in [0, 0.1) is 13.8 Å². The van der Waals surface area contributed by atoms with Crippen molar-refractivity contribution in [3.8, 4) is 0 Å². The van der Waals surface area contributed by atoms with Gasteiger partial charge in [-0.1, -0.05) is 18.3 Å². The number of urea groups is 1. The van der Waals surface area contributed by atoms with Crippen LogP contribution in [0.5, 0.6) is 0 Å². The quantitative estimate of drug-likeness (QED) is 0.702. The number of aromatic nitrogens is 2. The molecule has 0 spiro atoms. The Morgan fingerprint density at radius 2 is 1.86 bits per heavy atom. The van der Waals surface area contributed by atoms with Crippen molar-refractivity contribution in [3.05, 3.63) is 51.7 Å². The van der Waals surface area contributed by atoms with E-state index in [1.807, 2.05) is 4.72 Å². The van der Waals surface area contributed by atoms with Gasteiger partial charge in [0.05, 0.1) is 4.91 Å². The molecule has 152 valence electrons. The lowest BCUT2D eigenvalue weighted by atomic mass is 9.88. The molecular weight excluding hydrogens is 412 g/mol. The molecule has 1 aromatic rings. The molecular formula is C19H20N4O4S2. The Labute approximate surface area is 174 Å². The first kappa shape index (κ1) is 21.0. The largest absolute Gasteiger partial charge is 0.335 e. The fourth-order valence-electron chi connectivity index (χ4n) is 3.23. The predicted molar refractivity (Wildman–Crippen MR) is 113 cm³/mol. The lowest BCUT2D eigenvalue weighted by Gasteiger charge is -2.22.